The number of nitrogens with zero attached hydrogens (tertiary/aromatic N) is 2. The highest BCUT2D eigenvalue weighted by Crippen LogP contribution is 2.25. The van der Waals surface area contributed by atoms with Gasteiger partial charge in [0.05, 0.1) is 6.04 Å². The van der Waals surface area contributed by atoms with Gasteiger partial charge in [-0.3, -0.25) is 0 Å². The summed E-state index contributed by atoms with van der Waals surface area (Å²) in [5.41, 5.74) is 11.4. The van der Waals surface area contributed by atoms with E-state index in [1.807, 2.05) is 24.4 Å². The average molecular weight is 315 g/mol. The Kier molecular flexibility index (Phi) is 4.01. The first-order valence-corrected chi connectivity index (χ1v) is 8.39. The van der Waals surface area contributed by atoms with Crippen LogP contribution in [0.3, 0.4) is 0 Å². The van der Waals surface area contributed by atoms with Gasteiger partial charge in [0, 0.05) is 19.3 Å². The molecule has 0 amide bonds. The van der Waals surface area contributed by atoms with E-state index in [0.717, 1.165) is 36.5 Å². The minimum Gasteiger partial charge on any atom is -0.352 e. The number of rotatable bonds is 3. The molecule has 3 nitrogen and oxygen atoms in total. The van der Waals surface area contributed by atoms with Crippen molar-refractivity contribution in [3.8, 4) is 0 Å². The third kappa shape index (κ3) is 2.91. The van der Waals surface area contributed by atoms with Crippen molar-refractivity contribution in [1.82, 2.24) is 4.98 Å². The lowest BCUT2D eigenvalue weighted by Gasteiger charge is -2.30. The highest BCUT2D eigenvalue weighted by Gasteiger charge is 2.17. The van der Waals surface area contributed by atoms with Gasteiger partial charge in [0.2, 0.25) is 0 Å². The molecule has 2 N–H and O–H groups in total. The van der Waals surface area contributed by atoms with E-state index in [4.69, 9.17) is 5.73 Å². The monoisotopic (exact) mass is 315 g/mol. The predicted octanol–water partition coefficient (Wildman–Crippen LogP) is 3.69. The van der Waals surface area contributed by atoms with Gasteiger partial charge in [0.15, 0.2) is 0 Å². The van der Waals surface area contributed by atoms with Gasteiger partial charge in [-0.1, -0.05) is 60.7 Å². The molecule has 0 saturated carbocycles. The van der Waals surface area contributed by atoms with Crippen LogP contribution in [0, 0.1) is 0 Å². The van der Waals surface area contributed by atoms with Crippen molar-refractivity contribution < 1.29 is 0 Å². The molecule has 0 unspecified atom stereocenters. The summed E-state index contributed by atoms with van der Waals surface area (Å²) in [5, 5.41) is 0. The summed E-state index contributed by atoms with van der Waals surface area (Å²) in [6.45, 7) is 1.93. The maximum absolute atomic E-state index is 6.35. The molecule has 2 heterocycles. The Bertz CT molecular complexity index is 812. The molecule has 0 spiro atoms. The number of fused-ring (bicyclic) bond motifs is 1. The number of anilines is 1. The van der Waals surface area contributed by atoms with Gasteiger partial charge < -0.3 is 10.6 Å². The van der Waals surface area contributed by atoms with Crippen LogP contribution in [0.1, 0.15) is 28.3 Å². The zero-order valence-corrected chi connectivity index (χ0v) is 13.6. The van der Waals surface area contributed by atoms with Crippen LogP contribution in [-0.4, -0.2) is 11.5 Å². The van der Waals surface area contributed by atoms with E-state index in [-0.39, 0.29) is 6.04 Å². The van der Waals surface area contributed by atoms with Gasteiger partial charge in [0.25, 0.3) is 0 Å². The molecule has 3 aromatic rings. The van der Waals surface area contributed by atoms with Crippen LogP contribution in [0.4, 0.5) is 5.82 Å². The van der Waals surface area contributed by atoms with E-state index < -0.39 is 0 Å². The van der Waals surface area contributed by atoms with E-state index in [9.17, 15) is 0 Å². The van der Waals surface area contributed by atoms with E-state index in [1.165, 1.54) is 11.1 Å². The normalized spacial score (nSPS) is 15.0. The van der Waals surface area contributed by atoms with Gasteiger partial charge in [-0.05, 0) is 34.7 Å². The molecule has 1 aliphatic heterocycles. The number of nitrogens with two attached hydrogens (primary N) is 1. The number of pyridine rings is 1. The van der Waals surface area contributed by atoms with Crippen molar-refractivity contribution in [2.75, 3.05) is 11.4 Å². The minimum absolute atomic E-state index is 0.130. The van der Waals surface area contributed by atoms with Crippen LogP contribution in [0.5, 0.6) is 0 Å². The fraction of sp³-hybridized carbons (Fsp3) is 0.190. The standard InChI is InChI=1S/C21H21N3/c22-21(17-7-2-1-3-8-17)18-10-11-20(23-14-18)24-13-12-16-6-4-5-9-19(16)15-24/h1-11,14,21H,12-13,15,22H2/t21-/m1/s1. The SMILES string of the molecule is N[C@H](c1ccccc1)c1ccc(N2CCc3ccccc3C2)nc1. The number of hydrogen-bond acceptors (Lipinski definition) is 3. The maximum atomic E-state index is 6.35. The summed E-state index contributed by atoms with van der Waals surface area (Å²) in [6.07, 6.45) is 2.98. The van der Waals surface area contributed by atoms with E-state index in [1.54, 1.807) is 0 Å². The topological polar surface area (TPSA) is 42.1 Å². The predicted molar refractivity (Wildman–Crippen MR) is 97.9 cm³/mol. The lowest BCUT2D eigenvalue weighted by Crippen LogP contribution is -2.31. The van der Waals surface area contributed by atoms with Gasteiger partial charge in [-0.15, -0.1) is 0 Å². The molecule has 3 heteroatoms. The first-order chi connectivity index (χ1) is 11.8. The van der Waals surface area contributed by atoms with E-state index >= 15 is 0 Å². The highest BCUT2D eigenvalue weighted by atomic mass is 15.2. The molecule has 120 valence electrons. The van der Waals surface area contributed by atoms with Crippen molar-refractivity contribution in [3.63, 3.8) is 0 Å². The molecule has 0 saturated heterocycles. The number of hydrogen-bond donors (Lipinski definition) is 1. The lowest BCUT2D eigenvalue weighted by atomic mass is 9.99. The van der Waals surface area contributed by atoms with E-state index in [0.29, 0.717) is 0 Å². The van der Waals surface area contributed by atoms with Crippen LogP contribution in [0.2, 0.25) is 0 Å². The quantitative estimate of drug-likeness (QED) is 0.801. The van der Waals surface area contributed by atoms with Gasteiger partial charge in [0.1, 0.15) is 5.82 Å². The van der Waals surface area contributed by atoms with Crippen LogP contribution >= 0.6 is 0 Å². The average Bonchev–Trinajstić information content (AvgIpc) is 2.68. The second-order valence-corrected chi connectivity index (χ2v) is 6.28. The first-order valence-electron chi connectivity index (χ1n) is 8.39. The van der Waals surface area contributed by atoms with Crippen LogP contribution in [0.25, 0.3) is 0 Å². The Morgan fingerprint density at radius 1 is 0.833 bits per heavy atom. The summed E-state index contributed by atoms with van der Waals surface area (Å²) >= 11 is 0. The summed E-state index contributed by atoms with van der Waals surface area (Å²) in [6, 6.07) is 22.9. The number of aromatic nitrogens is 1. The summed E-state index contributed by atoms with van der Waals surface area (Å²) in [4.78, 5) is 7.00. The fourth-order valence-electron chi connectivity index (χ4n) is 3.31. The molecular weight excluding hydrogens is 294 g/mol. The Hall–Kier alpha value is -2.65. The second-order valence-electron chi connectivity index (χ2n) is 6.28. The third-order valence-electron chi connectivity index (χ3n) is 4.74. The van der Waals surface area contributed by atoms with Gasteiger partial charge in [-0.2, -0.15) is 0 Å². The van der Waals surface area contributed by atoms with Gasteiger partial charge in [-0.25, -0.2) is 4.98 Å². The third-order valence-corrected chi connectivity index (χ3v) is 4.74. The Balaban J connectivity index is 1.52. The summed E-state index contributed by atoms with van der Waals surface area (Å²) < 4.78 is 0. The van der Waals surface area contributed by atoms with E-state index in [2.05, 4.69) is 58.4 Å². The second kappa shape index (κ2) is 6.46. The lowest BCUT2D eigenvalue weighted by molar-refractivity contribution is 0.719. The molecule has 0 fully saturated rings. The number of benzene rings is 2. The summed E-state index contributed by atoms with van der Waals surface area (Å²) in [7, 11) is 0. The maximum Gasteiger partial charge on any atom is 0.128 e. The molecule has 24 heavy (non-hydrogen) atoms. The smallest absolute Gasteiger partial charge is 0.128 e. The van der Waals surface area contributed by atoms with Crippen LogP contribution in [-0.2, 0) is 13.0 Å². The molecule has 4 rings (SSSR count). The zero-order valence-electron chi connectivity index (χ0n) is 13.6. The van der Waals surface area contributed by atoms with Crippen molar-refractivity contribution in [2.24, 2.45) is 5.73 Å². The molecule has 1 atom stereocenters. The van der Waals surface area contributed by atoms with Gasteiger partial charge >= 0.3 is 0 Å². The molecule has 1 aromatic heterocycles. The van der Waals surface area contributed by atoms with Crippen LogP contribution in [0.15, 0.2) is 72.9 Å². The molecule has 0 radical (unpaired) electrons. The summed E-state index contributed by atoms with van der Waals surface area (Å²) in [5.74, 6) is 1.02. The van der Waals surface area contributed by atoms with Crippen molar-refractivity contribution in [2.45, 2.75) is 19.0 Å². The zero-order chi connectivity index (χ0) is 16.4. The Labute approximate surface area is 142 Å². The van der Waals surface area contributed by atoms with Crippen molar-refractivity contribution in [3.05, 3.63) is 95.2 Å². The molecule has 1 aliphatic rings. The molecule has 0 aliphatic carbocycles. The van der Waals surface area contributed by atoms with Crippen LogP contribution < -0.4 is 10.6 Å². The Morgan fingerprint density at radius 2 is 1.58 bits per heavy atom. The Morgan fingerprint density at radius 3 is 2.33 bits per heavy atom. The first kappa shape index (κ1) is 14.9. The van der Waals surface area contributed by atoms with Crippen molar-refractivity contribution >= 4 is 5.82 Å². The largest absolute Gasteiger partial charge is 0.352 e. The fourth-order valence-corrected chi connectivity index (χ4v) is 3.31. The molecule has 2 aromatic carbocycles. The molecule has 0 bridgehead atoms. The van der Waals surface area contributed by atoms with Crippen molar-refractivity contribution in [1.29, 1.82) is 0 Å². The molecular formula is C21H21N3. The minimum atomic E-state index is -0.130. The highest BCUT2D eigenvalue weighted by molar-refractivity contribution is 5.45.